The number of amides is 3. The zero-order chi connectivity index (χ0) is 33.4. The molecule has 0 aromatic heterocycles. The Labute approximate surface area is 272 Å². The Kier molecular flexibility index (Phi) is 18.9. The number of urea groups is 1. The average Bonchev–Trinajstić information content (AvgIpc) is 3.27. The van der Waals surface area contributed by atoms with Crippen LogP contribution in [-0.4, -0.2) is 136 Å². The van der Waals surface area contributed by atoms with Gasteiger partial charge in [0.1, 0.15) is 44.4 Å². The molecular formula is C27H53BN3O12PS. The number of unbranched alkanes of at least 4 members (excludes halogenated alkanes) is 5. The number of carbonyl (C=O) groups excluding carboxylic acids is 2. The van der Waals surface area contributed by atoms with Gasteiger partial charge >= 0.3 is 12.7 Å². The zero-order valence-electron chi connectivity index (χ0n) is 26.8. The highest BCUT2D eigenvalue weighted by molar-refractivity contribution is 8.07. The molecule has 7 N–H and O–H groups in total. The molecule has 45 heavy (non-hydrogen) atoms. The zero-order valence-corrected chi connectivity index (χ0v) is 28.5. The standard InChI is InChI=1S/C27H53BN3O12PS/c1-17(33)31-21-23(35)22(34)19(15-32)42-26(21)40-14-10-9-13-30-27(36)29-12-8-6-4-5-7-11-18-24(43-44(37,45)39-3)20(16-38-2)41-25(18)28/h18-26,32,34-35H,4-16,28H2,1-3H3,(H,31,33)(H,37,45)(H2,29,30,36)/t18-,19+,20+,21+,22-,23+,24?,25+,26+,44?/m0/s1. The van der Waals surface area contributed by atoms with Gasteiger partial charge in [-0.25, -0.2) is 4.79 Å². The second kappa shape index (κ2) is 21.1. The van der Waals surface area contributed by atoms with E-state index in [0.717, 1.165) is 38.5 Å². The highest BCUT2D eigenvalue weighted by Gasteiger charge is 2.46. The molecule has 2 saturated heterocycles. The number of methoxy groups -OCH3 is 1. The number of nitrogens with one attached hydrogen (secondary N) is 3. The minimum absolute atomic E-state index is 0.0470. The molecule has 2 fully saturated rings. The third kappa shape index (κ3) is 14.0. The lowest BCUT2D eigenvalue weighted by atomic mass is 9.81. The van der Waals surface area contributed by atoms with E-state index in [0.29, 0.717) is 32.5 Å². The first kappa shape index (κ1) is 40.2. The number of aliphatic hydroxyl groups excluding tert-OH is 3. The van der Waals surface area contributed by atoms with Crippen LogP contribution in [0.5, 0.6) is 0 Å². The third-order valence-electron chi connectivity index (χ3n) is 7.99. The Morgan fingerprint density at radius 2 is 1.60 bits per heavy atom. The lowest BCUT2D eigenvalue weighted by molar-refractivity contribution is -0.270. The molecule has 0 bridgehead atoms. The topological polar surface area (TPSA) is 207 Å². The second-order valence-electron chi connectivity index (χ2n) is 11.5. The van der Waals surface area contributed by atoms with Crippen molar-refractivity contribution in [1.82, 2.24) is 16.0 Å². The molecule has 3 amide bonds. The van der Waals surface area contributed by atoms with Crippen molar-refractivity contribution in [3.8, 4) is 0 Å². The fourth-order valence-corrected chi connectivity index (χ4v) is 6.56. The Morgan fingerprint density at radius 3 is 2.22 bits per heavy atom. The summed E-state index contributed by atoms with van der Waals surface area (Å²) in [6, 6.07) is -1.27. The number of rotatable bonds is 21. The van der Waals surface area contributed by atoms with E-state index in [4.69, 9.17) is 39.8 Å². The summed E-state index contributed by atoms with van der Waals surface area (Å²) in [5, 5.41) is 37.9. The Bertz CT molecular complexity index is 930. The van der Waals surface area contributed by atoms with E-state index in [1.807, 2.05) is 7.85 Å². The van der Waals surface area contributed by atoms with Gasteiger partial charge in [-0.05, 0) is 37.5 Å². The molecule has 2 rings (SSSR count). The van der Waals surface area contributed by atoms with E-state index >= 15 is 0 Å². The summed E-state index contributed by atoms with van der Waals surface area (Å²) in [7, 11) is 4.93. The number of ether oxygens (including phenoxy) is 4. The monoisotopic (exact) mass is 685 g/mol. The van der Waals surface area contributed by atoms with E-state index in [9.17, 15) is 29.8 Å². The van der Waals surface area contributed by atoms with Crippen LogP contribution in [0.1, 0.15) is 58.3 Å². The van der Waals surface area contributed by atoms with Crippen LogP contribution in [-0.2, 0) is 44.6 Å². The Hall–Kier alpha value is -0.945. The van der Waals surface area contributed by atoms with Crippen LogP contribution in [0, 0.1) is 5.92 Å². The number of hydrogen-bond donors (Lipinski definition) is 7. The summed E-state index contributed by atoms with van der Waals surface area (Å²) in [4.78, 5) is 33.8. The molecule has 15 nitrogen and oxygen atoms in total. The molecule has 2 heterocycles. The van der Waals surface area contributed by atoms with Crippen molar-refractivity contribution in [3.05, 3.63) is 0 Å². The van der Waals surface area contributed by atoms with Crippen molar-refractivity contribution >= 4 is 38.3 Å². The summed E-state index contributed by atoms with van der Waals surface area (Å²) >= 11 is 5.06. The summed E-state index contributed by atoms with van der Waals surface area (Å²) in [5.41, 5.74) is 0. The van der Waals surface area contributed by atoms with Gasteiger partial charge in [0.15, 0.2) is 6.29 Å². The molecule has 2 unspecified atom stereocenters. The van der Waals surface area contributed by atoms with Crippen molar-refractivity contribution < 1.29 is 57.8 Å². The van der Waals surface area contributed by atoms with Gasteiger partial charge in [-0.15, -0.1) is 0 Å². The van der Waals surface area contributed by atoms with Crippen LogP contribution in [0.2, 0.25) is 0 Å². The number of hydrogen-bond acceptors (Lipinski definition) is 12. The van der Waals surface area contributed by atoms with E-state index in [1.54, 1.807) is 7.11 Å². The molecule has 0 saturated carbocycles. The smallest absolute Gasteiger partial charge is 0.324 e. The third-order valence-corrected chi connectivity index (χ3v) is 9.66. The molecule has 262 valence electrons. The van der Waals surface area contributed by atoms with Crippen LogP contribution < -0.4 is 16.0 Å². The van der Waals surface area contributed by atoms with Crippen LogP contribution in [0.4, 0.5) is 4.79 Å². The molecular weight excluding hydrogens is 632 g/mol. The maximum Gasteiger partial charge on any atom is 0.324 e. The van der Waals surface area contributed by atoms with Gasteiger partial charge < -0.3 is 64.2 Å². The lowest BCUT2D eigenvalue weighted by Crippen LogP contribution is -2.64. The fourth-order valence-electron chi connectivity index (χ4n) is 5.58. The fraction of sp³-hybridized carbons (Fsp3) is 0.926. The van der Waals surface area contributed by atoms with Crippen molar-refractivity contribution in [2.45, 2.75) is 107 Å². The number of carbonyl (C=O) groups is 2. The van der Waals surface area contributed by atoms with Crippen molar-refractivity contribution in [2.24, 2.45) is 5.92 Å². The van der Waals surface area contributed by atoms with Crippen LogP contribution >= 0.6 is 6.72 Å². The van der Waals surface area contributed by atoms with E-state index in [-0.39, 0.29) is 36.8 Å². The molecule has 0 aliphatic carbocycles. The van der Waals surface area contributed by atoms with Crippen molar-refractivity contribution in [2.75, 3.05) is 47.1 Å². The predicted molar refractivity (Wildman–Crippen MR) is 171 cm³/mol. The van der Waals surface area contributed by atoms with Gasteiger partial charge in [0.05, 0.1) is 13.2 Å². The summed E-state index contributed by atoms with van der Waals surface area (Å²) in [6.45, 7) is -0.981. The van der Waals surface area contributed by atoms with Gasteiger partial charge in [0, 0.05) is 52.8 Å². The first-order valence-electron chi connectivity index (χ1n) is 15.7. The lowest BCUT2D eigenvalue weighted by Gasteiger charge is -2.42. The molecule has 0 radical (unpaired) electrons. The van der Waals surface area contributed by atoms with E-state index < -0.39 is 49.9 Å². The summed E-state index contributed by atoms with van der Waals surface area (Å²) in [6.07, 6.45) is 1.46. The molecule has 10 atom stereocenters. The van der Waals surface area contributed by atoms with E-state index in [2.05, 4.69) is 16.0 Å². The molecule has 2 aliphatic rings. The van der Waals surface area contributed by atoms with Crippen LogP contribution in [0.3, 0.4) is 0 Å². The first-order valence-corrected chi connectivity index (χ1v) is 18.3. The van der Waals surface area contributed by atoms with Crippen molar-refractivity contribution in [1.29, 1.82) is 0 Å². The maximum atomic E-state index is 12.1. The maximum absolute atomic E-state index is 12.1. The summed E-state index contributed by atoms with van der Waals surface area (Å²) in [5.74, 6) is -0.340. The van der Waals surface area contributed by atoms with Crippen molar-refractivity contribution in [3.63, 3.8) is 0 Å². The van der Waals surface area contributed by atoms with Gasteiger partial charge in [0.2, 0.25) is 5.91 Å². The minimum Gasteiger partial charge on any atom is -0.394 e. The summed E-state index contributed by atoms with van der Waals surface area (Å²) < 4.78 is 33.2. The quantitative estimate of drug-likeness (QED) is 0.0451. The SMILES string of the molecule is B[C@@H]1O[C@H](COC)C(OP(O)(=S)OC)[C@@H]1CCCCCCCNC(=O)NCCCCO[C@@H]1O[C@H](CO)[C@H](O)[C@H](O)[C@H]1NC(C)=O. The van der Waals surface area contributed by atoms with Gasteiger partial charge in [-0.3, -0.25) is 4.79 Å². The Balaban J connectivity index is 1.54. The molecule has 0 aromatic rings. The van der Waals surface area contributed by atoms with E-state index in [1.165, 1.54) is 14.0 Å². The molecule has 18 heteroatoms. The normalized spacial score (nSPS) is 31.3. The molecule has 2 aliphatic heterocycles. The largest absolute Gasteiger partial charge is 0.394 e. The van der Waals surface area contributed by atoms with Gasteiger partial charge in [0.25, 0.3) is 0 Å². The predicted octanol–water partition coefficient (Wildman–Crippen LogP) is -0.764. The second-order valence-corrected chi connectivity index (χ2v) is 14.4. The van der Waals surface area contributed by atoms with Crippen LogP contribution in [0.25, 0.3) is 0 Å². The molecule has 0 aromatic carbocycles. The number of aliphatic hydroxyl groups is 3. The average molecular weight is 686 g/mol. The highest BCUT2D eigenvalue weighted by atomic mass is 32.5. The highest BCUT2D eigenvalue weighted by Crippen LogP contribution is 2.48. The first-order chi connectivity index (χ1) is 21.4. The minimum atomic E-state index is -3.33. The Morgan fingerprint density at radius 1 is 0.956 bits per heavy atom. The van der Waals surface area contributed by atoms with Gasteiger partial charge in [-0.1, -0.05) is 25.7 Å². The molecule has 0 spiro atoms. The van der Waals surface area contributed by atoms with Gasteiger partial charge in [-0.2, -0.15) is 0 Å². The van der Waals surface area contributed by atoms with Crippen LogP contribution in [0.15, 0.2) is 0 Å².